The number of hydrogen-bond acceptors (Lipinski definition) is 4. The lowest BCUT2D eigenvalue weighted by atomic mass is 9.89. The molecule has 1 aromatic rings. The van der Waals surface area contributed by atoms with Crippen molar-refractivity contribution in [2.75, 3.05) is 27.3 Å². The van der Waals surface area contributed by atoms with Gasteiger partial charge in [-0.15, -0.1) is 24.0 Å². The number of halogens is 1. The highest BCUT2D eigenvalue weighted by molar-refractivity contribution is 14.0. The second-order valence-electron chi connectivity index (χ2n) is 7.99. The number of methoxy groups -OCH3 is 2. The smallest absolute Gasteiger partial charge is 0.191 e. The molecule has 7 heteroatoms. The molecule has 0 aliphatic rings. The van der Waals surface area contributed by atoms with Gasteiger partial charge in [0.2, 0.25) is 0 Å². The zero-order valence-corrected chi connectivity index (χ0v) is 20.7. The van der Waals surface area contributed by atoms with Crippen molar-refractivity contribution in [1.29, 1.82) is 0 Å². The summed E-state index contributed by atoms with van der Waals surface area (Å²) in [6.45, 7) is 12.0. The molecule has 0 aromatic heterocycles. The molecule has 0 heterocycles. The van der Waals surface area contributed by atoms with E-state index in [-0.39, 0.29) is 30.5 Å². The van der Waals surface area contributed by atoms with Gasteiger partial charge in [0.05, 0.1) is 26.9 Å². The zero-order chi connectivity index (χ0) is 20.4. The maximum atomic E-state index is 10.5. The molecule has 0 amide bonds. The van der Waals surface area contributed by atoms with Crippen LogP contribution < -0.4 is 20.1 Å². The summed E-state index contributed by atoms with van der Waals surface area (Å²) in [5.41, 5.74) is 1.06. The van der Waals surface area contributed by atoms with E-state index in [2.05, 4.69) is 43.3 Å². The van der Waals surface area contributed by atoms with Crippen LogP contribution in [0.4, 0.5) is 0 Å². The van der Waals surface area contributed by atoms with Gasteiger partial charge < -0.3 is 25.2 Å². The first-order chi connectivity index (χ1) is 12.7. The summed E-state index contributed by atoms with van der Waals surface area (Å²) in [4.78, 5) is 4.54. The van der Waals surface area contributed by atoms with Gasteiger partial charge in [-0.1, -0.05) is 26.8 Å². The second kappa shape index (κ2) is 13.1. The average Bonchev–Trinajstić information content (AvgIpc) is 2.63. The van der Waals surface area contributed by atoms with E-state index in [1.54, 1.807) is 26.4 Å². The standard InChI is InChI=1S/C21H37N3O3.HI/c1-8-22-20(24-15(2)11-12-21(3,4)5)23-14-17(25)16-9-10-18(26-6)19(13-16)27-7;/h9-10,13,15,17,25H,8,11-12,14H2,1-7H3,(H2,22,23,24);1H. The lowest BCUT2D eigenvalue weighted by molar-refractivity contribution is 0.186. The molecule has 2 atom stereocenters. The van der Waals surface area contributed by atoms with Gasteiger partial charge in [0.1, 0.15) is 0 Å². The molecule has 0 fully saturated rings. The van der Waals surface area contributed by atoms with E-state index >= 15 is 0 Å². The number of nitrogens with one attached hydrogen (secondary N) is 2. The molecule has 0 saturated heterocycles. The molecule has 6 nitrogen and oxygen atoms in total. The Kier molecular flexibility index (Phi) is 12.5. The number of aliphatic hydroxyl groups is 1. The van der Waals surface area contributed by atoms with Crippen molar-refractivity contribution in [2.45, 2.75) is 59.6 Å². The third-order valence-electron chi connectivity index (χ3n) is 4.27. The molecule has 3 N–H and O–H groups in total. The molecule has 28 heavy (non-hydrogen) atoms. The van der Waals surface area contributed by atoms with Gasteiger partial charge in [-0.05, 0) is 49.8 Å². The van der Waals surface area contributed by atoms with Crippen LogP contribution in [0.25, 0.3) is 0 Å². The Morgan fingerprint density at radius 2 is 1.82 bits per heavy atom. The topological polar surface area (TPSA) is 75.1 Å². The summed E-state index contributed by atoms with van der Waals surface area (Å²) < 4.78 is 10.5. The van der Waals surface area contributed by atoms with Crippen LogP contribution in [0.1, 0.15) is 59.1 Å². The maximum absolute atomic E-state index is 10.5. The highest BCUT2D eigenvalue weighted by atomic mass is 127. The maximum Gasteiger partial charge on any atom is 0.191 e. The van der Waals surface area contributed by atoms with Gasteiger partial charge in [0.15, 0.2) is 17.5 Å². The molecule has 0 saturated carbocycles. The van der Waals surface area contributed by atoms with Crippen molar-refractivity contribution >= 4 is 29.9 Å². The first-order valence-electron chi connectivity index (χ1n) is 9.65. The largest absolute Gasteiger partial charge is 0.493 e. The van der Waals surface area contributed by atoms with E-state index in [9.17, 15) is 5.11 Å². The second-order valence-corrected chi connectivity index (χ2v) is 7.99. The van der Waals surface area contributed by atoms with E-state index in [1.165, 1.54) is 0 Å². The van der Waals surface area contributed by atoms with E-state index in [4.69, 9.17) is 9.47 Å². The molecular weight excluding hydrogens is 469 g/mol. The van der Waals surface area contributed by atoms with Crippen LogP contribution in [0.2, 0.25) is 0 Å². The van der Waals surface area contributed by atoms with Gasteiger partial charge in [0, 0.05) is 12.6 Å². The summed E-state index contributed by atoms with van der Waals surface area (Å²) in [6, 6.07) is 5.71. The number of aliphatic hydroxyl groups excluding tert-OH is 1. The summed E-state index contributed by atoms with van der Waals surface area (Å²) in [5, 5.41) is 17.2. The van der Waals surface area contributed by atoms with Crippen molar-refractivity contribution in [3.63, 3.8) is 0 Å². The van der Waals surface area contributed by atoms with Gasteiger partial charge in [0.25, 0.3) is 0 Å². The molecule has 1 rings (SSSR count). The zero-order valence-electron chi connectivity index (χ0n) is 18.3. The van der Waals surface area contributed by atoms with E-state index < -0.39 is 6.10 Å². The van der Waals surface area contributed by atoms with Crippen LogP contribution in [0, 0.1) is 5.41 Å². The lowest BCUT2D eigenvalue weighted by Crippen LogP contribution is -2.42. The lowest BCUT2D eigenvalue weighted by Gasteiger charge is -2.23. The molecule has 0 aliphatic heterocycles. The Labute approximate surface area is 187 Å². The Balaban J connectivity index is 0.00000729. The van der Waals surface area contributed by atoms with E-state index in [1.807, 2.05) is 13.0 Å². The molecular formula is C21H38IN3O3. The number of guanidine groups is 1. The van der Waals surface area contributed by atoms with Crippen LogP contribution in [0.15, 0.2) is 23.2 Å². The predicted molar refractivity (Wildman–Crippen MR) is 127 cm³/mol. The Morgan fingerprint density at radius 1 is 1.18 bits per heavy atom. The Hall–Kier alpha value is -1.22. The fourth-order valence-corrected chi connectivity index (χ4v) is 2.62. The summed E-state index contributed by atoms with van der Waals surface area (Å²) in [5.74, 6) is 1.96. The molecule has 0 aliphatic carbocycles. The van der Waals surface area contributed by atoms with Crippen molar-refractivity contribution in [2.24, 2.45) is 10.4 Å². The molecule has 1 aromatic carbocycles. The van der Waals surface area contributed by atoms with Crippen molar-refractivity contribution < 1.29 is 14.6 Å². The molecule has 2 unspecified atom stereocenters. The fraction of sp³-hybridized carbons (Fsp3) is 0.667. The SMILES string of the molecule is CCNC(=NCC(O)c1ccc(OC)c(OC)c1)NC(C)CCC(C)(C)C.I. The minimum Gasteiger partial charge on any atom is -0.493 e. The third-order valence-corrected chi connectivity index (χ3v) is 4.27. The molecule has 0 bridgehead atoms. The van der Waals surface area contributed by atoms with E-state index in [0.29, 0.717) is 23.0 Å². The fourth-order valence-electron chi connectivity index (χ4n) is 2.62. The first kappa shape index (κ1) is 26.8. The average molecular weight is 507 g/mol. The van der Waals surface area contributed by atoms with Crippen molar-refractivity contribution in [1.82, 2.24) is 10.6 Å². The summed E-state index contributed by atoms with van der Waals surface area (Å²) in [7, 11) is 3.17. The number of hydrogen-bond donors (Lipinski definition) is 3. The van der Waals surface area contributed by atoms with Gasteiger partial charge in [-0.25, -0.2) is 0 Å². The number of aliphatic imine (C=N–C) groups is 1. The third kappa shape index (κ3) is 9.82. The minimum atomic E-state index is -0.717. The van der Waals surface area contributed by atoms with Crippen LogP contribution in [0.3, 0.4) is 0 Å². The molecule has 0 radical (unpaired) electrons. The normalized spacial score (nSPS) is 13.9. The number of benzene rings is 1. The van der Waals surface area contributed by atoms with Crippen molar-refractivity contribution in [3.05, 3.63) is 23.8 Å². The number of nitrogens with zero attached hydrogens (tertiary/aromatic N) is 1. The predicted octanol–water partition coefficient (Wildman–Crippen LogP) is 4.13. The van der Waals surface area contributed by atoms with Gasteiger partial charge >= 0.3 is 0 Å². The van der Waals surface area contributed by atoms with Crippen LogP contribution in [0.5, 0.6) is 11.5 Å². The first-order valence-corrected chi connectivity index (χ1v) is 9.65. The quantitative estimate of drug-likeness (QED) is 0.266. The van der Waals surface area contributed by atoms with Gasteiger partial charge in [-0.2, -0.15) is 0 Å². The number of ether oxygens (including phenoxy) is 2. The molecule has 0 spiro atoms. The summed E-state index contributed by atoms with van der Waals surface area (Å²) in [6.07, 6.45) is 1.48. The Bertz CT molecular complexity index is 603. The minimum absolute atomic E-state index is 0. The monoisotopic (exact) mass is 507 g/mol. The van der Waals surface area contributed by atoms with Crippen LogP contribution >= 0.6 is 24.0 Å². The van der Waals surface area contributed by atoms with Gasteiger partial charge in [-0.3, -0.25) is 4.99 Å². The van der Waals surface area contributed by atoms with Crippen LogP contribution in [-0.4, -0.2) is 44.4 Å². The van der Waals surface area contributed by atoms with Crippen molar-refractivity contribution in [3.8, 4) is 11.5 Å². The Morgan fingerprint density at radius 3 is 2.36 bits per heavy atom. The number of rotatable bonds is 9. The molecule has 162 valence electrons. The van der Waals surface area contributed by atoms with E-state index in [0.717, 1.165) is 30.9 Å². The highest BCUT2D eigenvalue weighted by Crippen LogP contribution is 2.30. The highest BCUT2D eigenvalue weighted by Gasteiger charge is 2.15. The summed E-state index contributed by atoms with van der Waals surface area (Å²) >= 11 is 0. The van der Waals surface area contributed by atoms with Crippen LogP contribution in [-0.2, 0) is 0 Å².